The molecule has 14 heavy (non-hydrogen) atoms. The average molecular weight is 212 g/mol. The maximum atomic E-state index is 12.3. The summed E-state index contributed by atoms with van der Waals surface area (Å²) in [6, 6.07) is 0. The lowest BCUT2D eigenvalue weighted by Crippen LogP contribution is -2.53. The van der Waals surface area contributed by atoms with Gasteiger partial charge in [-0.1, -0.05) is 6.58 Å². The second-order valence-corrected chi connectivity index (χ2v) is 2.71. The molecule has 0 bridgehead atoms. The predicted molar refractivity (Wildman–Crippen MR) is 42.5 cm³/mol. The molecule has 0 heterocycles. The van der Waals surface area contributed by atoms with Crippen molar-refractivity contribution in [3.05, 3.63) is 12.2 Å². The summed E-state index contributed by atoms with van der Waals surface area (Å²) in [5.74, 6) is -1.75. The number of ether oxygens (including phenoxy) is 1. The summed E-state index contributed by atoms with van der Waals surface area (Å²) in [6.07, 6.45) is -5.12. The Morgan fingerprint density at radius 2 is 1.93 bits per heavy atom. The normalized spacial score (nSPS) is 15.9. The van der Waals surface area contributed by atoms with Gasteiger partial charge in [-0.2, -0.15) is 13.2 Å². The first-order valence-corrected chi connectivity index (χ1v) is 3.80. The van der Waals surface area contributed by atoms with E-state index in [2.05, 4.69) is 11.3 Å². The van der Waals surface area contributed by atoms with E-state index in [1.807, 2.05) is 0 Å². The minimum atomic E-state index is -5.12. The molecule has 0 rings (SSSR count). The molecule has 0 spiro atoms. The zero-order valence-electron chi connectivity index (χ0n) is 7.81. The third-order valence-corrected chi connectivity index (χ3v) is 1.60. The van der Waals surface area contributed by atoms with Gasteiger partial charge >= 0.3 is 12.1 Å². The van der Waals surface area contributed by atoms with E-state index < -0.39 is 23.3 Å². The molecular formula is C8H11F3O3. The molecule has 1 N–H and O–H groups in total. The average Bonchev–Trinajstić information content (AvgIpc) is 2.00. The Labute approximate surface area is 79.2 Å². The van der Waals surface area contributed by atoms with Crippen molar-refractivity contribution in [3.8, 4) is 0 Å². The third-order valence-electron chi connectivity index (χ3n) is 1.60. The maximum Gasteiger partial charge on any atom is 0.432 e. The lowest BCUT2D eigenvalue weighted by molar-refractivity contribution is -0.249. The Hall–Kier alpha value is -1.04. The topological polar surface area (TPSA) is 46.5 Å². The number of carbonyl (C=O) groups is 1. The van der Waals surface area contributed by atoms with Crippen molar-refractivity contribution in [2.24, 2.45) is 0 Å². The largest absolute Gasteiger partial charge is 0.463 e. The number of carbonyl (C=O) groups excluding carboxylic acids is 1. The van der Waals surface area contributed by atoms with Gasteiger partial charge in [-0.3, -0.25) is 0 Å². The van der Waals surface area contributed by atoms with Crippen LogP contribution in [0.4, 0.5) is 13.2 Å². The highest BCUT2D eigenvalue weighted by atomic mass is 19.4. The van der Waals surface area contributed by atoms with E-state index in [0.29, 0.717) is 0 Å². The van der Waals surface area contributed by atoms with Crippen LogP contribution in [-0.4, -0.2) is 29.5 Å². The van der Waals surface area contributed by atoms with Crippen LogP contribution < -0.4 is 0 Å². The maximum absolute atomic E-state index is 12.3. The second kappa shape index (κ2) is 4.00. The molecule has 82 valence electrons. The van der Waals surface area contributed by atoms with Gasteiger partial charge in [-0.25, -0.2) is 4.79 Å². The molecule has 0 radical (unpaired) electrons. The Morgan fingerprint density at radius 1 is 1.50 bits per heavy atom. The monoisotopic (exact) mass is 212 g/mol. The van der Waals surface area contributed by atoms with Crippen molar-refractivity contribution in [2.45, 2.75) is 25.6 Å². The second-order valence-electron chi connectivity index (χ2n) is 2.71. The summed E-state index contributed by atoms with van der Waals surface area (Å²) < 4.78 is 41.1. The minimum Gasteiger partial charge on any atom is -0.463 e. The number of hydrogen-bond acceptors (Lipinski definition) is 3. The lowest BCUT2D eigenvalue weighted by Gasteiger charge is -2.28. The Kier molecular flexibility index (Phi) is 3.70. The van der Waals surface area contributed by atoms with Crippen LogP contribution in [0.15, 0.2) is 12.2 Å². The van der Waals surface area contributed by atoms with Gasteiger partial charge in [0, 0.05) is 0 Å². The Morgan fingerprint density at radius 3 is 2.14 bits per heavy atom. The molecule has 0 aromatic rings. The fourth-order valence-electron chi connectivity index (χ4n) is 0.767. The van der Waals surface area contributed by atoms with E-state index in [9.17, 15) is 18.0 Å². The van der Waals surface area contributed by atoms with Crippen molar-refractivity contribution in [1.29, 1.82) is 0 Å². The fraction of sp³-hybridized carbons (Fsp3) is 0.625. The van der Waals surface area contributed by atoms with E-state index in [-0.39, 0.29) is 6.61 Å². The minimum absolute atomic E-state index is 0.246. The van der Waals surface area contributed by atoms with Crippen LogP contribution in [-0.2, 0) is 9.53 Å². The summed E-state index contributed by atoms with van der Waals surface area (Å²) in [5.41, 5.74) is -4.33. The molecular weight excluding hydrogens is 201 g/mol. The number of hydrogen-bond donors (Lipinski definition) is 1. The molecule has 3 nitrogen and oxygen atoms in total. The molecule has 0 saturated carbocycles. The SMILES string of the molecule is C=C(C)C(O)(C(=O)OCC)C(F)(F)F. The molecule has 0 saturated heterocycles. The smallest absolute Gasteiger partial charge is 0.432 e. The number of aliphatic hydroxyl groups is 1. The lowest BCUT2D eigenvalue weighted by atomic mass is 9.96. The first-order chi connectivity index (χ1) is 6.17. The van der Waals surface area contributed by atoms with Crippen molar-refractivity contribution in [2.75, 3.05) is 6.61 Å². The zero-order chi connectivity index (χ0) is 11.6. The van der Waals surface area contributed by atoms with Crippen molar-refractivity contribution < 1.29 is 27.8 Å². The summed E-state index contributed by atoms with van der Waals surface area (Å²) in [7, 11) is 0. The number of halogens is 3. The van der Waals surface area contributed by atoms with Crippen LogP contribution in [0.2, 0.25) is 0 Å². The number of rotatable bonds is 3. The molecule has 6 heteroatoms. The highest BCUT2D eigenvalue weighted by molar-refractivity contribution is 5.84. The van der Waals surface area contributed by atoms with E-state index in [1.54, 1.807) is 0 Å². The fourth-order valence-corrected chi connectivity index (χ4v) is 0.767. The molecule has 0 amide bonds. The van der Waals surface area contributed by atoms with E-state index in [4.69, 9.17) is 5.11 Å². The highest BCUT2D eigenvalue weighted by Gasteiger charge is 2.61. The molecule has 0 aliphatic heterocycles. The molecule has 1 atom stereocenters. The van der Waals surface area contributed by atoms with Crippen molar-refractivity contribution >= 4 is 5.97 Å². The van der Waals surface area contributed by atoms with Gasteiger partial charge in [0.2, 0.25) is 0 Å². The summed E-state index contributed by atoms with van der Waals surface area (Å²) in [6.45, 7) is 4.93. The zero-order valence-corrected chi connectivity index (χ0v) is 7.81. The van der Waals surface area contributed by atoms with Gasteiger partial charge in [0.05, 0.1) is 6.61 Å². The molecule has 0 aliphatic carbocycles. The molecule has 0 aromatic carbocycles. The van der Waals surface area contributed by atoms with Crippen molar-refractivity contribution in [3.63, 3.8) is 0 Å². The van der Waals surface area contributed by atoms with Crippen LogP contribution in [0.5, 0.6) is 0 Å². The van der Waals surface area contributed by atoms with E-state index in [1.165, 1.54) is 6.92 Å². The number of alkyl halides is 3. The first-order valence-electron chi connectivity index (χ1n) is 3.80. The van der Waals surface area contributed by atoms with Gasteiger partial charge in [-0.15, -0.1) is 0 Å². The summed E-state index contributed by atoms with van der Waals surface area (Å²) in [4.78, 5) is 10.9. The van der Waals surface area contributed by atoms with Gasteiger partial charge in [0.1, 0.15) is 0 Å². The Bertz CT molecular complexity index is 247. The predicted octanol–water partition coefficient (Wildman–Crippen LogP) is 1.42. The molecule has 0 aromatic heterocycles. The van der Waals surface area contributed by atoms with E-state index >= 15 is 0 Å². The van der Waals surface area contributed by atoms with Crippen LogP contribution in [0.25, 0.3) is 0 Å². The van der Waals surface area contributed by atoms with Crippen LogP contribution in [0.3, 0.4) is 0 Å². The van der Waals surface area contributed by atoms with Crippen LogP contribution >= 0.6 is 0 Å². The summed E-state index contributed by atoms with van der Waals surface area (Å²) >= 11 is 0. The summed E-state index contributed by atoms with van der Waals surface area (Å²) in [5, 5.41) is 9.13. The quantitative estimate of drug-likeness (QED) is 0.568. The molecule has 1 unspecified atom stereocenters. The highest BCUT2D eigenvalue weighted by Crippen LogP contribution is 2.36. The molecule has 0 aliphatic rings. The van der Waals surface area contributed by atoms with Gasteiger partial charge in [-0.05, 0) is 19.4 Å². The first kappa shape index (κ1) is 13.0. The molecule has 0 fully saturated rings. The van der Waals surface area contributed by atoms with Gasteiger partial charge in [0.15, 0.2) is 0 Å². The van der Waals surface area contributed by atoms with Crippen LogP contribution in [0, 0.1) is 0 Å². The van der Waals surface area contributed by atoms with Gasteiger partial charge < -0.3 is 9.84 Å². The van der Waals surface area contributed by atoms with Gasteiger partial charge in [0.25, 0.3) is 5.60 Å². The van der Waals surface area contributed by atoms with Crippen molar-refractivity contribution in [1.82, 2.24) is 0 Å². The standard InChI is InChI=1S/C8H11F3O3/c1-4-14-6(12)7(13,5(2)3)8(9,10)11/h13H,2,4H2,1,3H3. The Balaban J connectivity index is 5.12. The van der Waals surface area contributed by atoms with E-state index in [0.717, 1.165) is 6.92 Å². The third kappa shape index (κ3) is 2.06. The number of esters is 1. The van der Waals surface area contributed by atoms with Crippen LogP contribution in [0.1, 0.15) is 13.8 Å².